The number of hydrogen-bond acceptors (Lipinski definition) is 13. The smallest absolute Gasteiger partial charge is 0.333 e. The Morgan fingerprint density at radius 3 is 2.13 bits per heavy atom. The van der Waals surface area contributed by atoms with Gasteiger partial charge in [0.05, 0.1) is 21.9 Å². The fourth-order valence-corrected chi connectivity index (χ4v) is 9.50. The van der Waals surface area contributed by atoms with Crippen LogP contribution in [0.4, 0.5) is 5.69 Å². The van der Waals surface area contributed by atoms with Gasteiger partial charge in [-0.05, 0) is 83.2 Å². The van der Waals surface area contributed by atoms with Crippen LogP contribution in [0, 0.1) is 0 Å². The van der Waals surface area contributed by atoms with Gasteiger partial charge in [-0.25, -0.2) is 17.8 Å². The maximum Gasteiger partial charge on any atom is 0.333 e. The van der Waals surface area contributed by atoms with Gasteiger partial charge in [0.2, 0.25) is 23.1 Å². The minimum atomic E-state index is -4.92. The van der Waals surface area contributed by atoms with Crippen molar-refractivity contribution < 1.29 is 55.8 Å². The van der Waals surface area contributed by atoms with Crippen LogP contribution < -0.4 is 25.5 Å². The molecule has 2 fully saturated rings. The number of benzene rings is 3. The van der Waals surface area contributed by atoms with Gasteiger partial charge in [0.25, 0.3) is 17.7 Å². The molecule has 2 aromatic rings. The van der Waals surface area contributed by atoms with Crippen LogP contribution in [0.2, 0.25) is 0 Å². The predicted octanol–water partition coefficient (Wildman–Crippen LogP) is 3.63. The van der Waals surface area contributed by atoms with E-state index in [0.29, 0.717) is 54.6 Å². The normalized spacial score (nSPS) is 14.5. The lowest BCUT2D eigenvalue weighted by atomic mass is 9.90. The Balaban J connectivity index is 1.02. The standard InChI is InChI=1S/C50H63N7O12S/c1-5-53(6-2)34-20-22-38-41(31-34)68-42-32-35(54(7-3)8-4)21-23-39(42)48(38)36-15-9-10-16-37(36)50(64)56-29-27-55(28-30-56)44(59)18-12-11-17-43(58)52-40(33-70(65,66)67)49(63)51-26-14-13-19-47(62)69-57-45(60)24-25-46(57)61/h9-10,15-16,20-23,31-32,40H,5-8,11-14,17-19,24-30,33H2,1-4H3,(H2-,51,52,58,63,65,66,67). The fourth-order valence-electron chi connectivity index (χ4n) is 8.85. The van der Waals surface area contributed by atoms with E-state index in [4.69, 9.17) is 9.25 Å². The summed E-state index contributed by atoms with van der Waals surface area (Å²) in [7, 11) is -4.92. The number of anilines is 1. The number of nitrogens with zero attached hydrogens (tertiary/aromatic N) is 5. The Hall–Kier alpha value is -6.67. The van der Waals surface area contributed by atoms with E-state index in [2.05, 4.69) is 84.2 Å². The summed E-state index contributed by atoms with van der Waals surface area (Å²) < 4.78 is 43.6. The number of carbonyl (C=O) groups is 7. The van der Waals surface area contributed by atoms with Gasteiger partial charge < -0.3 is 39.1 Å². The average Bonchev–Trinajstić information content (AvgIpc) is 3.66. The summed E-state index contributed by atoms with van der Waals surface area (Å²) in [6.45, 7) is 13.0. The molecular formula is C50H63N7O12S. The number of nitrogens with one attached hydrogen (secondary N) is 2. The number of carbonyl (C=O) groups excluding carboxylic acids is 7. The highest BCUT2D eigenvalue weighted by atomic mass is 32.2. The highest BCUT2D eigenvalue weighted by Gasteiger charge is 2.33. The maximum atomic E-state index is 14.5. The van der Waals surface area contributed by atoms with Gasteiger partial charge in [0.1, 0.15) is 30.5 Å². The third kappa shape index (κ3) is 13.3. The molecule has 1 unspecified atom stereocenters. The maximum absolute atomic E-state index is 14.5. The molecule has 0 bridgehead atoms. The molecule has 4 aliphatic rings. The van der Waals surface area contributed by atoms with Crippen molar-refractivity contribution in [2.75, 3.05) is 69.6 Å². The summed E-state index contributed by atoms with van der Waals surface area (Å²) >= 11 is 0. The van der Waals surface area contributed by atoms with Crippen molar-refractivity contribution in [1.29, 1.82) is 0 Å². The third-order valence-corrected chi connectivity index (χ3v) is 13.4. The van der Waals surface area contributed by atoms with Crippen LogP contribution in [0.3, 0.4) is 0 Å². The van der Waals surface area contributed by atoms with Crippen molar-refractivity contribution in [1.82, 2.24) is 30.1 Å². The van der Waals surface area contributed by atoms with Crippen molar-refractivity contribution >= 4 is 68.2 Å². The van der Waals surface area contributed by atoms with Crippen LogP contribution in [0.1, 0.15) is 95.8 Å². The topological polar surface area (TPSA) is 239 Å². The van der Waals surface area contributed by atoms with Crippen molar-refractivity contribution in [3.05, 3.63) is 71.6 Å². The number of amides is 6. The number of hydrogen-bond donors (Lipinski definition) is 2. The first-order valence-corrected chi connectivity index (χ1v) is 25.7. The number of fused-ring (bicyclic) bond motifs is 2. The molecule has 70 heavy (non-hydrogen) atoms. The van der Waals surface area contributed by atoms with E-state index in [1.165, 1.54) is 0 Å². The molecular weight excluding hydrogens is 923 g/mol. The van der Waals surface area contributed by atoms with Crippen molar-refractivity contribution in [2.24, 2.45) is 0 Å². The first kappa shape index (κ1) is 52.7. The Morgan fingerprint density at radius 2 is 1.46 bits per heavy atom. The number of hydroxylamine groups is 2. The monoisotopic (exact) mass is 985 g/mol. The van der Waals surface area contributed by atoms with Crippen molar-refractivity contribution in [3.8, 4) is 22.5 Å². The van der Waals surface area contributed by atoms with Crippen LogP contribution >= 0.6 is 0 Å². The molecule has 1 aliphatic carbocycles. The lowest BCUT2D eigenvalue weighted by Gasteiger charge is -2.35. The van der Waals surface area contributed by atoms with Gasteiger partial charge in [-0.1, -0.05) is 18.2 Å². The Bertz CT molecular complexity index is 2720. The molecule has 3 aliphatic heterocycles. The Morgan fingerprint density at radius 1 is 0.800 bits per heavy atom. The molecule has 3 heterocycles. The van der Waals surface area contributed by atoms with E-state index in [-0.39, 0.29) is 69.7 Å². The van der Waals surface area contributed by atoms with E-state index in [9.17, 15) is 46.5 Å². The second-order valence-corrected chi connectivity index (χ2v) is 18.7. The molecule has 2 aromatic carbocycles. The Labute approximate surface area is 407 Å². The van der Waals surface area contributed by atoms with Gasteiger partial charge >= 0.3 is 5.97 Å². The summed E-state index contributed by atoms with van der Waals surface area (Å²) in [4.78, 5) is 99.1. The highest BCUT2D eigenvalue weighted by molar-refractivity contribution is 7.85. The lowest BCUT2D eigenvalue weighted by molar-refractivity contribution is -0.197. The van der Waals surface area contributed by atoms with Crippen LogP contribution in [0.15, 0.2) is 65.1 Å². The Kier molecular flexibility index (Phi) is 18.3. The van der Waals surface area contributed by atoms with E-state index in [1.807, 2.05) is 24.3 Å². The highest BCUT2D eigenvalue weighted by Crippen LogP contribution is 2.42. The summed E-state index contributed by atoms with van der Waals surface area (Å²) in [6.07, 6.45) is 0.675. The number of piperazine rings is 1. The van der Waals surface area contributed by atoms with Crippen LogP contribution in [-0.2, 0) is 43.7 Å². The largest absolute Gasteiger partial charge is 0.748 e. The molecule has 6 amide bonds. The first-order valence-electron chi connectivity index (χ1n) is 24.1. The molecule has 2 N–H and O–H groups in total. The van der Waals surface area contributed by atoms with Gasteiger partial charge in [-0.2, -0.15) is 0 Å². The fraction of sp³-hybridized carbons (Fsp3) is 0.480. The minimum absolute atomic E-state index is 0.0350. The molecule has 0 saturated carbocycles. The van der Waals surface area contributed by atoms with Crippen LogP contribution in [-0.4, -0.2) is 140 Å². The van der Waals surface area contributed by atoms with E-state index in [1.54, 1.807) is 9.80 Å². The number of rotatable bonds is 22. The van der Waals surface area contributed by atoms with Gasteiger partial charge in [0, 0.05) is 118 Å². The third-order valence-electron chi connectivity index (χ3n) is 12.7. The molecule has 376 valence electrons. The summed E-state index contributed by atoms with van der Waals surface area (Å²) in [5.74, 6) is -4.40. The van der Waals surface area contributed by atoms with Crippen LogP contribution in [0.25, 0.3) is 33.4 Å². The zero-order chi connectivity index (χ0) is 50.5. The van der Waals surface area contributed by atoms with Crippen molar-refractivity contribution in [3.63, 3.8) is 0 Å². The lowest BCUT2D eigenvalue weighted by Crippen LogP contribution is -2.50. The zero-order valence-electron chi connectivity index (χ0n) is 40.3. The minimum Gasteiger partial charge on any atom is -0.748 e. The summed E-state index contributed by atoms with van der Waals surface area (Å²) in [5, 5.41) is 7.10. The van der Waals surface area contributed by atoms with Gasteiger partial charge in [0.15, 0.2) is 0 Å². The summed E-state index contributed by atoms with van der Waals surface area (Å²) in [5.41, 5.74) is 4.85. The predicted molar refractivity (Wildman–Crippen MR) is 260 cm³/mol. The zero-order valence-corrected chi connectivity index (χ0v) is 41.1. The first-order chi connectivity index (χ1) is 33.5. The molecule has 1 atom stereocenters. The SMILES string of the molecule is CCN(CC)c1ccc2c(-c3ccccc3C(=O)N3CCN(C(=O)CCCCC(=O)NC(CS(=O)(=O)[O-])C(=O)NCCCCC(=O)ON4C(=O)CCC4=O)CC3)c3ccc(=[N+](CC)CC)cc-3oc2c1. The van der Waals surface area contributed by atoms with Gasteiger partial charge in [-0.15, -0.1) is 5.06 Å². The molecule has 0 spiro atoms. The molecule has 19 nitrogen and oxygen atoms in total. The van der Waals surface area contributed by atoms with E-state index in [0.717, 1.165) is 59.3 Å². The molecule has 2 saturated heterocycles. The van der Waals surface area contributed by atoms with E-state index >= 15 is 0 Å². The van der Waals surface area contributed by atoms with Crippen molar-refractivity contribution in [2.45, 2.75) is 91.5 Å². The second-order valence-electron chi connectivity index (χ2n) is 17.2. The average molecular weight is 986 g/mol. The van der Waals surface area contributed by atoms with Gasteiger partial charge in [-0.3, -0.25) is 28.8 Å². The summed E-state index contributed by atoms with van der Waals surface area (Å²) in [6, 6.07) is 18.4. The molecule has 20 heteroatoms. The second kappa shape index (κ2) is 24.2. The molecule has 0 radical (unpaired) electrons. The van der Waals surface area contributed by atoms with Crippen LogP contribution in [0.5, 0.6) is 0 Å². The number of imide groups is 1. The quantitative estimate of drug-likeness (QED) is 0.0377. The van der Waals surface area contributed by atoms with E-state index < -0.39 is 51.5 Å². The molecule has 0 aromatic heterocycles. The molecule has 6 rings (SSSR count). The number of unbranched alkanes of at least 4 members (excludes halogenated alkanes) is 2.